The van der Waals surface area contributed by atoms with Crippen LogP contribution in [0.3, 0.4) is 0 Å². The molecule has 0 aliphatic carbocycles. The Morgan fingerprint density at radius 1 is 0.950 bits per heavy atom. The van der Waals surface area contributed by atoms with Gasteiger partial charge in [-0.3, -0.25) is 4.79 Å². The van der Waals surface area contributed by atoms with E-state index in [0.29, 0.717) is 0 Å². The summed E-state index contributed by atoms with van der Waals surface area (Å²) >= 11 is 0. The van der Waals surface area contributed by atoms with Crippen LogP contribution in [0.4, 0.5) is 17.6 Å². The third-order valence-electron chi connectivity index (χ3n) is 3.94. The maximum absolute atomic E-state index is 13.9. The van der Waals surface area contributed by atoms with Crippen molar-refractivity contribution < 1.29 is 27.5 Å². The van der Waals surface area contributed by atoms with Gasteiger partial charge in [0.15, 0.2) is 5.41 Å². The van der Waals surface area contributed by atoms with E-state index in [9.17, 15) is 22.4 Å². The molecular formula is C13H22F4O2Si. The summed E-state index contributed by atoms with van der Waals surface area (Å²) in [6.45, 7) is 10.3. The summed E-state index contributed by atoms with van der Waals surface area (Å²) in [4.78, 5) is 12.3. The predicted octanol–water partition coefficient (Wildman–Crippen LogP) is 5.07. The molecule has 0 bridgehead atoms. The number of alkyl halides is 3. The topological polar surface area (TPSA) is 37.3 Å². The van der Waals surface area contributed by atoms with E-state index in [-0.39, 0.29) is 16.6 Å². The Morgan fingerprint density at radius 2 is 1.25 bits per heavy atom. The second kappa shape index (κ2) is 6.28. The van der Waals surface area contributed by atoms with Crippen molar-refractivity contribution in [2.45, 2.75) is 64.3 Å². The Bertz CT molecular complexity index is 376. The maximum Gasteiger partial charge on any atom is 0.451 e. The van der Waals surface area contributed by atoms with Crippen molar-refractivity contribution >= 4 is 13.5 Å². The lowest BCUT2D eigenvalue weighted by atomic mass is 10.4. The molecule has 0 aliphatic rings. The average Bonchev–Trinajstić information content (AvgIpc) is 2.24. The van der Waals surface area contributed by atoms with Gasteiger partial charge in [0.25, 0.3) is 0 Å². The number of carbonyl (C=O) groups excluding carboxylic acids is 1. The molecule has 1 N–H and O–H groups in total. The lowest BCUT2D eigenvalue weighted by Gasteiger charge is -2.40. The first kappa shape index (κ1) is 19.1. The Labute approximate surface area is 117 Å². The largest absolute Gasteiger partial charge is 0.502 e. The fourth-order valence-corrected chi connectivity index (χ4v) is 9.28. The van der Waals surface area contributed by atoms with Crippen molar-refractivity contribution in [3.05, 3.63) is 11.6 Å². The molecule has 0 aromatic heterocycles. The van der Waals surface area contributed by atoms with Gasteiger partial charge in [-0.25, -0.2) is 0 Å². The van der Waals surface area contributed by atoms with Gasteiger partial charge in [-0.05, 0) is 16.6 Å². The SMILES string of the molecule is CC(C)[Si](C(=O)C(F)=C(O)C(F)(F)F)(C(C)C)C(C)C. The summed E-state index contributed by atoms with van der Waals surface area (Å²) in [5, 5.41) is 7.77. The minimum Gasteiger partial charge on any atom is -0.502 e. The van der Waals surface area contributed by atoms with Crippen LogP contribution in [0.1, 0.15) is 41.5 Å². The van der Waals surface area contributed by atoms with Crippen molar-refractivity contribution in [3.8, 4) is 0 Å². The Hall–Kier alpha value is -0.853. The Morgan fingerprint density at radius 3 is 1.45 bits per heavy atom. The molecule has 0 saturated heterocycles. The summed E-state index contributed by atoms with van der Waals surface area (Å²) < 4.78 is 51.0. The van der Waals surface area contributed by atoms with Crippen LogP contribution in [0.15, 0.2) is 11.6 Å². The van der Waals surface area contributed by atoms with E-state index in [2.05, 4.69) is 0 Å². The molecule has 0 aromatic rings. The van der Waals surface area contributed by atoms with Gasteiger partial charge >= 0.3 is 6.18 Å². The normalized spacial score (nSPS) is 15.1. The van der Waals surface area contributed by atoms with Gasteiger partial charge in [0.2, 0.25) is 11.6 Å². The Kier molecular flexibility index (Phi) is 6.01. The summed E-state index contributed by atoms with van der Waals surface area (Å²) in [6.07, 6.45) is -5.25. The van der Waals surface area contributed by atoms with Crippen LogP contribution < -0.4 is 0 Å². The molecule has 0 saturated carbocycles. The van der Waals surface area contributed by atoms with E-state index in [1.807, 2.05) is 0 Å². The van der Waals surface area contributed by atoms with Gasteiger partial charge in [0, 0.05) is 0 Å². The molecule has 118 valence electrons. The van der Waals surface area contributed by atoms with Crippen LogP contribution in [0.5, 0.6) is 0 Å². The molecule has 20 heavy (non-hydrogen) atoms. The molecule has 0 fully saturated rings. The predicted molar refractivity (Wildman–Crippen MR) is 72.9 cm³/mol. The lowest BCUT2D eigenvalue weighted by molar-refractivity contribution is -0.127. The number of hydrogen-bond acceptors (Lipinski definition) is 2. The van der Waals surface area contributed by atoms with Gasteiger partial charge in [-0.15, -0.1) is 0 Å². The van der Waals surface area contributed by atoms with E-state index >= 15 is 0 Å². The van der Waals surface area contributed by atoms with Gasteiger partial charge in [-0.1, -0.05) is 41.5 Å². The quantitative estimate of drug-likeness (QED) is 0.333. The summed E-state index contributed by atoms with van der Waals surface area (Å²) in [6, 6.07) is 0. The van der Waals surface area contributed by atoms with Crippen LogP contribution in [-0.2, 0) is 4.79 Å². The van der Waals surface area contributed by atoms with E-state index < -0.39 is 31.2 Å². The molecule has 0 unspecified atom stereocenters. The highest BCUT2D eigenvalue weighted by Gasteiger charge is 2.53. The molecule has 2 nitrogen and oxygen atoms in total. The van der Waals surface area contributed by atoms with Gasteiger partial charge in [0.05, 0.1) is 0 Å². The molecule has 0 atom stereocenters. The zero-order chi connectivity index (χ0) is 16.5. The minimum absolute atomic E-state index is 0.234. The number of hydrogen-bond donors (Lipinski definition) is 1. The van der Waals surface area contributed by atoms with Crippen molar-refractivity contribution in [2.75, 3.05) is 0 Å². The number of aliphatic hydroxyl groups excluding tert-OH is 1. The van der Waals surface area contributed by atoms with E-state index in [1.54, 1.807) is 41.5 Å². The highest BCUT2D eigenvalue weighted by Crippen LogP contribution is 2.44. The van der Waals surface area contributed by atoms with Gasteiger partial charge in [0.1, 0.15) is 8.07 Å². The molecule has 0 amide bonds. The molecular weight excluding hydrogens is 292 g/mol. The maximum atomic E-state index is 13.9. The molecule has 0 rings (SSSR count). The third-order valence-corrected chi connectivity index (χ3v) is 10.7. The fourth-order valence-electron chi connectivity index (χ4n) is 3.21. The second-order valence-electron chi connectivity index (χ2n) is 5.89. The molecule has 0 heterocycles. The van der Waals surface area contributed by atoms with Crippen LogP contribution in [-0.4, -0.2) is 24.8 Å². The Balaban J connectivity index is 6.07. The highest BCUT2D eigenvalue weighted by atomic mass is 28.3. The number of aliphatic hydroxyl groups is 1. The first-order valence-electron chi connectivity index (χ1n) is 6.51. The van der Waals surface area contributed by atoms with Crippen molar-refractivity contribution in [1.82, 2.24) is 0 Å². The molecule has 0 spiro atoms. The number of halogens is 4. The average molecular weight is 314 g/mol. The molecule has 7 heteroatoms. The van der Waals surface area contributed by atoms with E-state index in [0.717, 1.165) is 0 Å². The molecule has 0 radical (unpaired) electrons. The minimum atomic E-state index is -5.25. The number of allylic oxidation sites excluding steroid dienone is 2. The fraction of sp³-hybridized carbons (Fsp3) is 0.769. The number of rotatable bonds is 5. The van der Waals surface area contributed by atoms with Crippen molar-refractivity contribution in [2.24, 2.45) is 0 Å². The van der Waals surface area contributed by atoms with Gasteiger partial charge in [-0.2, -0.15) is 17.6 Å². The molecule has 0 aromatic carbocycles. The van der Waals surface area contributed by atoms with Crippen LogP contribution in [0.2, 0.25) is 16.6 Å². The van der Waals surface area contributed by atoms with Crippen LogP contribution in [0, 0.1) is 0 Å². The second-order valence-corrected chi connectivity index (χ2v) is 11.7. The van der Waals surface area contributed by atoms with Crippen molar-refractivity contribution in [1.29, 1.82) is 0 Å². The summed E-state index contributed by atoms with van der Waals surface area (Å²) in [5.74, 6) is -4.46. The highest BCUT2D eigenvalue weighted by molar-refractivity contribution is 7.10. The third kappa shape index (κ3) is 3.24. The van der Waals surface area contributed by atoms with E-state index in [4.69, 9.17) is 5.11 Å². The van der Waals surface area contributed by atoms with E-state index in [1.165, 1.54) is 0 Å². The standard InChI is InChI=1S/C13H22F4O2Si/c1-7(2)20(8(3)4,9(5)6)12(19)10(14)11(18)13(15,16)17/h7-9,18H,1-6H3. The smallest absolute Gasteiger partial charge is 0.451 e. The van der Waals surface area contributed by atoms with Crippen molar-refractivity contribution in [3.63, 3.8) is 0 Å². The first-order chi connectivity index (χ1) is 8.81. The summed E-state index contributed by atoms with van der Waals surface area (Å²) in [5.41, 5.74) is -0.703. The zero-order valence-electron chi connectivity index (χ0n) is 12.6. The van der Waals surface area contributed by atoms with Crippen LogP contribution in [0.25, 0.3) is 0 Å². The zero-order valence-corrected chi connectivity index (χ0v) is 13.6. The molecule has 0 aliphatic heterocycles. The lowest BCUT2D eigenvalue weighted by Crippen LogP contribution is -2.53. The number of carbonyl (C=O) groups is 1. The van der Waals surface area contributed by atoms with Gasteiger partial charge < -0.3 is 5.11 Å². The van der Waals surface area contributed by atoms with Crippen LogP contribution >= 0.6 is 0 Å². The summed E-state index contributed by atoms with van der Waals surface area (Å²) in [7, 11) is -3.07. The monoisotopic (exact) mass is 314 g/mol. The first-order valence-corrected chi connectivity index (χ1v) is 8.75.